The van der Waals surface area contributed by atoms with E-state index in [0.717, 1.165) is 35.3 Å². The lowest BCUT2D eigenvalue weighted by Crippen LogP contribution is -2.42. The molecule has 0 aliphatic carbocycles. The first-order valence-corrected chi connectivity index (χ1v) is 9.20. The van der Waals surface area contributed by atoms with E-state index in [9.17, 15) is 9.90 Å². The van der Waals surface area contributed by atoms with Gasteiger partial charge in [0.2, 0.25) is 0 Å². The molecule has 1 aromatic heterocycles. The van der Waals surface area contributed by atoms with E-state index in [1.165, 1.54) is 0 Å². The van der Waals surface area contributed by atoms with Gasteiger partial charge >= 0.3 is 5.97 Å². The number of hydrogen-bond acceptors (Lipinski definition) is 5. The molecule has 0 saturated carbocycles. The topological polar surface area (TPSA) is 71.9 Å². The van der Waals surface area contributed by atoms with Crippen molar-refractivity contribution in [2.24, 2.45) is 0 Å². The van der Waals surface area contributed by atoms with Gasteiger partial charge in [0.25, 0.3) is 0 Å². The van der Waals surface area contributed by atoms with Gasteiger partial charge in [0.15, 0.2) is 0 Å². The first-order valence-electron chi connectivity index (χ1n) is 9.20. The second-order valence-electron chi connectivity index (χ2n) is 6.87. The highest BCUT2D eigenvalue weighted by Crippen LogP contribution is 2.30. The molecule has 27 heavy (non-hydrogen) atoms. The van der Waals surface area contributed by atoms with Crippen molar-refractivity contribution in [1.82, 2.24) is 9.88 Å². The van der Waals surface area contributed by atoms with Crippen LogP contribution in [0.3, 0.4) is 0 Å². The van der Waals surface area contributed by atoms with E-state index in [-0.39, 0.29) is 6.10 Å². The molecule has 6 nitrogen and oxygen atoms in total. The summed E-state index contributed by atoms with van der Waals surface area (Å²) >= 11 is 0. The maximum Gasteiger partial charge on any atom is 0.325 e. The van der Waals surface area contributed by atoms with Crippen molar-refractivity contribution in [1.29, 1.82) is 0 Å². The molecule has 1 saturated heterocycles. The standard InChI is InChI=1S/C21H26N2O4/c1-15-12-18(26-2)5-6-19(15)20(21(24)25)23-10-7-17(8-11-23)27-14-16-4-3-9-22-13-16/h3-6,9,12-13,17,20H,7-8,10-11,14H2,1-2H3,(H,24,25). The van der Waals surface area contributed by atoms with Crippen molar-refractivity contribution in [2.75, 3.05) is 20.2 Å². The van der Waals surface area contributed by atoms with E-state index in [0.29, 0.717) is 19.7 Å². The first-order chi connectivity index (χ1) is 13.1. The van der Waals surface area contributed by atoms with Gasteiger partial charge in [-0.2, -0.15) is 0 Å². The zero-order valence-electron chi connectivity index (χ0n) is 15.8. The minimum absolute atomic E-state index is 0.146. The summed E-state index contributed by atoms with van der Waals surface area (Å²) < 4.78 is 11.2. The van der Waals surface area contributed by atoms with Crippen molar-refractivity contribution < 1.29 is 19.4 Å². The Bertz CT molecular complexity index is 758. The number of pyridine rings is 1. The normalized spacial score (nSPS) is 16.8. The molecule has 3 rings (SSSR count). The molecule has 1 atom stereocenters. The number of likely N-dealkylation sites (tertiary alicyclic amines) is 1. The Hall–Kier alpha value is -2.44. The summed E-state index contributed by atoms with van der Waals surface area (Å²) in [6.07, 6.45) is 5.34. The lowest BCUT2D eigenvalue weighted by atomic mass is 9.97. The van der Waals surface area contributed by atoms with Gasteiger partial charge in [-0.05, 0) is 54.7 Å². The van der Waals surface area contributed by atoms with E-state index in [1.807, 2.05) is 48.4 Å². The SMILES string of the molecule is COc1ccc(C(C(=O)O)N2CCC(OCc3cccnc3)CC2)c(C)c1. The number of nitrogens with zero attached hydrogens (tertiary/aromatic N) is 2. The van der Waals surface area contributed by atoms with Crippen LogP contribution in [0.4, 0.5) is 0 Å². The molecule has 0 radical (unpaired) electrons. The van der Waals surface area contributed by atoms with Gasteiger partial charge in [-0.15, -0.1) is 0 Å². The first kappa shape index (κ1) is 19.3. The second kappa shape index (κ2) is 8.97. The monoisotopic (exact) mass is 370 g/mol. The summed E-state index contributed by atoms with van der Waals surface area (Å²) in [5.41, 5.74) is 2.80. The van der Waals surface area contributed by atoms with Crippen LogP contribution in [0, 0.1) is 6.92 Å². The molecular formula is C21H26N2O4. The Kier molecular flexibility index (Phi) is 6.42. The fourth-order valence-corrected chi connectivity index (χ4v) is 3.57. The molecule has 0 bridgehead atoms. The van der Waals surface area contributed by atoms with Crippen molar-refractivity contribution in [3.8, 4) is 5.75 Å². The predicted molar refractivity (Wildman–Crippen MR) is 102 cm³/mol. The van der Waals surface area contributed by atoms with Crippen LogP contribution < -0.4 is 4.74 Å². The summed E-state index contributed by atoms with van der Waals surface area (Å²) in [7, 11) is 1.61. The van der Waals surface area contributed by atoms with Crippen LogP contribution in [0.2, 0.25) is 0 Å². The van der Waals surface area contributed by atoms with Gasteiger partial charge in [0, 0.05) is 25.5 Å². The zero-order chi connectivity index (χ0) is 19.2. The lowest BCUT2D eigenvalue weighted by molar-refractivity contribution is -0.145. The summed E-state index contributed by atoms with van der Waals surface area (Å²) in [6, 6.07) is 8.81. The number of rotatable bonds is 7. The molecule has 1 aliphatic heterocycles. The summed E-state index contributed by atoms with van der Waals surface area (Å²) in [6.45, 7) is 3.86. The summed E-state index contributed by atoms with van der Waals surface area (Å²) in [5, 5.41) is 9.84. The number of aromatic nitrogens is 1. The van der Waals surface area contributed by atoms with E-state index in [1.54, 1.807) is 13.3 Å². The van der Waals surface area contributed by atoms with Gasteiger partial charge in [0.05, 0.1) is 19.8 Å². The summed E-state index contributed by atoms with van der Waals surface area (Å²) in [5.74, 6) is -0.0825. The molecule has 1 N–H and O–H groups in total. The van der Waals surface area contributed by atoms with Crippen LogP contribution in [-0.2, 0) is 16.1 Å². The smallest absolute Gasteiger partial charge is 0.325 e. The van der Waals surface area contributed by atoms with Crippen LogP contribution in [-0.4, -0.2) is 47.3 Å². The molecule has 1 fully saturated rings. The quantitative estimate of drug-likeness (QED) is 0.807. The van der Waals surface area contributed by atoms with Crippen molar-refractivity contribution in [2.45, 2.75) is 38.5 Å². The number of hydrogen-bond donors (Lipinski definition) is 1. The highest BCUT2D eigenvalue weighted by Gasteiger charge is 2.32. The molecule has 2 aromatic rings. The number of carbonyl (C=O) groups is 1. The van der Waals surface area contributed by atoms with Gasteiger partial charge in [0.1, 0.15) is 11.8 Å². The van der Waals surface area contributed by atoms with Crippen molar-refractivity contribution >= 4 is 5.97 Å². The number of ether oxygens (including phenoxy) is 2. The number of methoxy groups -OCH3 is 1. The molecule has 144 valence electrons. The maximum absolute atomic E-state index is 12.0. The third-order valence-electron chi connectivity index (χ3n) is 5.06. The Morgan fingerprint density at radius 2 is 2.11 bits per heavy atom. The van der Waals surface area contributed by atoms with Gasteiger partial charge in [-0.1, -0.05) is 12.1 Å². The zero-order valence-corrected chi connectivity index (χ0v) is 15.8. The predicted octanol–water partition coefficient (Wildman–Crippen LogP) is 3.21. The number of piperidine rings is 1. The lowest BCUT2D eigenvalue weighted by Gasteiger charge is -2.36. The molecular weight excluding hydrogens is 344 g/mol. The third kappa shape index (κ3) is 4.84. The third-order valence-corrected chi connectivity index (χ3v) is 5.06. The summed E-state index contributed by atoms with van der Waals surface area (Å²) in [4.78, 5) is 18.1. The number of carboxylic acids is 1. The highest BCUT2D eigenvalue weighted by molar-refractivity contribution is 5.76. The number of aliphatic carboxylic acids is 1. The Morgan fingerprint density at radius 3 is 2.70 bits per heavy atom. The average Bonchev–Trinajstić information content (AvgIpc) is 2.69. The molecule has 0 amide bonds. The number of aryl methyl sites for hydroxylation is 1. The average molecular weight is 370 g/mol. The van der Waals surface area contributed by atoms with Crippen LogP contribution in [0.5, 0.6) is 5.75 Å². The maximum atomic E-state index is 12.0. The molecule has 1 aromatic carbocycles. The van der Waals surface area contributed by atoms with Crippen LogP contribution in [0.15, 0.2) is 42.7 Å². The molecule has 2 heterocycles. The minimum Gasteiger partial charge on any atom is -0.497 e. The Balaban J connectivity index is 1.61. The van der Waals surface area contributed by atoms with E-state index < -0.39 is 12.0 Å². The van der Waals surface area contributed by atoms with Crippen LogP contribution in [0.25, 0.3) is 0 Å². The van der Waals surface area contributed by atoms with Crippen LogP contribution >= 0.6 is 0 Å². The molecule has 0 spiro atoms. The number of benzene rings is 1. The van der Waals surface area contributed by atoms with Crippen molar-refractivity contribution in [3.05, 3.63) is 59.4 Å². The van der Waals surface area contributed by atoms with Gasteiger partial charge < -0.3 is 14.6 Å². The highest BCUT2D eigenvalue weighted by atomic mass is 16.5. The largest absolute Gasteiger partial charge is 0.497 e. The Labute approximate surface area is 159 Å². The minimum atomic E-state index is -0.821. The van der Waals surface area contributed by atoms with Gasteiger partial charge in [-0.25, -0.2) is 0 Å². The van der Waals surface area contributed by atoms with E-state index in [2.05, 4.69) is 4.98 Å². The molecule has 1 unspecified atom stereocenters. The van der Waals surface area contributed by atoms with Crippen LogP contribution in [0.1, 0.15) is 35.6 Å². The Morgan fingerprint density at radius 1 is 1.33 bits per heavy atom. The fourth-order valence-electron chi connectivity index (χ4n) is 3.57. The fraction of sp³-hybridized carbons (Fsp3) is 0.429. The van der Waals surface area contributed by atoms with Crippen molar-refractivity contribution in [3.63, 3.8) is 0 Å². The molecule has 1 aliphatic rings. The molecule has 6 heteroatoms. The van der Waals surface area contributed by atoms with E-state index >= 15 is 0 Å². The van der Waals surface area contributed by atoms with E-state index in [4.69, 9.17) is 9.47 Å². The van der Waals surface area contributed by atoms with Gasteiger partial charge in [-0.3, -0.25) is 14.7 Å². The number of carboxylic acid groups (broad SMARTS) is 1. The second-order valence-corrected chi connectivity index (χ2v) is 6.87.